The Hall–Kier alpha value is -1.03. The van der Waals surface area contributed by atoms with Gasteiger partial charge in [0.15, 0.2) is 5.82 Å². The maximum Gasteiger partial charge on any atom is 0.293 e. The molecule has 1 heterocycles. The van der Waals surface area contributed by atoms with Crippen molar-refractivity contribution in [1.29, 1.82) is 0 Å². The lowest BCUT2D eigenvalue weighted by Gasteiger charge is -2.08. The summed E-state index contributed by atoms with van der Waals surface area (Å²) in [5.74, 6) is 1.63. The van der Waals surface area contributed by atoms with Crippen LogP contribution >= 0.6 is 11.6 Å². The second kappa shape index (κ2) is 6.53. The highest BCUT2D eigenvalue weighted by Crippen LogP contribution is 2.06. The number of rotatable bonds is 6. The van der Waals surface area contributed by atoms with Gasteiger partial charge >= 0.3 is 0 Å². The van der Waals surface area contributed by atoms with Crippen molar-refractivity contribution >= 4 is 17.4 Å². The van der Waals surface area contributed by atoms with Crippen LogP contribution in [0.1, 0.15) is 19.8 Å². The first-order valence-electron chi connectivity index (χ1n) is 5.46. The summed E-state index contributed by atoms with van der Waals surface area (Å²) in [4.78, 5) is 15.6. The SMILES string of the molecule is CC(CCl)CCCNc1nccn(C)c1=O. The first-order chi connectivity index (χ1) is 7.65. The van der Waals surface area contributed by atoms with Crippen LogP contribution < -0.4 is 10.9 Å². The number of anilines is 1. The molecule has 0 aliphatic rings. The number of hydrogen-bond donors (Lipinski definition) is 1. The molecule has 1 atom stereocenters. The largest absolute Gasteiger partial charge is 0.365 e. The van der Waals surface area contributed by atoms with Gasteiger partial charge in [-0.3, -0.25) is 4.79 Å². The molecule has 0 bridgehead atoms. The Morgan fingerprint density at radius 3 is 3.06 bits per heavy atom. The van der Waals surface area contributed by atoms with Crippen molar-refractivity contribution in [2.45, 2.75) is 19.8 Å². The average Bonchev–Trinajstić information content (AvgIpc) is 2.29. The van der Waals surface area contributed by atoms with Crippen LogP contribution in [0.4, 0.5) is 5.82 Å². The van der Waals surface area contributed by atoms with Crippen LogP contribution in [0.15, 0.2) is 17.2 Å². The van der Waals surface area contributed by atoms with E-state index in [-0.39, 0.29) is 5.56 Å². The minimum absolute atomic E-state index is 0.0899. The molecule has 0 radical (unpaired) electrons. The summed E-state index contributed by atoms with van der Waals surface area (Å²) in [6, 6.07) is 0. The van der Waals surface area contributed by atoms with Crippen LogP contribution in [0, 0.1) is 5.92 Å². The van der Waals surface area contributed by atoms with Gasteiger partial charge in [-0.1, -0.05) is 6.92 Å². The highest BCUT2D eigenvalue weighted by Gasteiger charge is 2.02. The van der Waals surface area contributed by atoms with Crippen LogP contribution in [0.2, 0.25) is 0 Å². The van der Waals surface area contributed by atoms with Crippen molar-refractivity contribution in [3.63, 3.8) is 0 Å². The normalized spacial score (nSPS) is 12.4. The Morgan fingerprint density at radius 2 is 2.38 bits per heavy atom. The summed E-state index contributed by atoms with van der Waals surface area (Å²) >= 11 is 5.71. The van der Waals surface area contributed by atoms with E-state index < -0.39 is 0 Å². The molecule has 1 aromatic rings. The van der Waals surface area contributed by atoms with Crippen LogP contribution in [-0.4, -0.2) is 22.0 Å². The predicted octanol–water partition coefficient (Wildman–Crippen LogP) is 1.85. The molecule has 1 unspecified atom stereocenters. The molecule has 1 rings (SSSR count). The quantitative estimate of drug-likeness (QED) is 0.613. The molecule has 1 N–H and O–H groups in total. The lowest BCUT2D eigenvalue weighted by molar-refractivity contribution is 0.572. The molecule has 0 aliphatic carbocycles. The number of nitrogens with one attached hydrogen (secondary N) is 1. The Morgan fingerprint density at radius 1 is 1.62 bits per heavy atom. The first kappa shape index (κ1) is 13.0. The van der Waals surface area contributed by atoms with Gasteiger partial charge in [0, 0.05) is 31.9 Å². The Bertz CT molecular complexity index is 378. The van der Waals surface area contributed by atoms with Gasteiger partial charge in [0.1, 0.15) is 0 Å². The Labute approximate surface area is 101 Å². The third-order valence-electron chi connectivity index (χ3n) is 2.45. The molecular formula is C11H18ClN3O. The van der Waals surface area contributed by atoms with Crippen molar-refractivity contribution in [1.82, 2.24) is 9.55 Å². The van der Waals surface area contributed by atoms with Crippen LogP contribution in [0.5, 0.6) is 0 Å². The predicted molar refractivity (Wildman–Crippen MR) is 67.1 cm³/mol. The van der Waals surface area contributed by atoms with E-state index in [4.69, 9.17) is 11.6 Å². The van der Waals surface area contributed by atoms with Gasteiger partial charge in [-0.15, -0.1) is 11.6 Å². The summed E-state index contributed by atoms with van der Waals surface area (Å²) in [7, 11) is 1.71. The molecule has 0 amide bonds. The monoisotopic (exact) mass is 243 g/mol. The van der Waals surface area contributed by atoms with Crippen LogP contribution in [0.3, 0.4) is 0 Å². The van der Waals surface area contributed by atoms with E-state index in [0.29, 0.717) is 17.6 Å². The summed E-state index contributed by atoms with van der Waals surface area (Å²) in [6.07, 6.45) is 5.31. The standard InChI is InChI=1S/C11H18ClN3O/c1-9(8-12)4-3-5-13-10-11(16)15(2)7-6-14-10/h6-7,9H,3-5,8H2,1-2H3,(H,13,14). The molecule has 0 saturated heterocycles. The average molecular weight is 244 g/mol. The summed E-state index contributed by atoms with van der Waals surface area (Å²) in [5.41, 5.74) is -0.0899. The highest BCUT2D eigenvalue weighted by atomic mass is 35.5. The van der Waals surface area contributed by atoms with Gasteiger partial charge in [-0.25, -0.2) is 4.98 Å². The zero-order valence-corrected chi connectivity index (χ0v) is 10.5. The number of nitrogens with zero attached hydrogens (tertiary/aromatic N) is 2. The molecule has 0 aromatic carbocycles. The molecule has 0 aliphatic heterocycles. The fourth-order valence-corrected chi connectivity index (χ4v) is 1.51. The van der Waals surface area contributed by atoms with Crippen molar-refractivity contribution in [3.8, 4) is 0 Å². The molecule has 90 valence electrons. The minimum Gasteiger partial charge on any atom is -0.365 e. The number of aromatic nitrogens is 2. The number of alkyl halides is 1. The second-order valence-electron chi connectivity index (χ2n) is 4.02. The molecule has 16 heavy (non-hydrogen) atoms. The molecule has 0 saturated carbocycles. The third kappa shape index (κ3) is 3.85. The third-order valence-corrected chi connectivity index (χ3v) is 2.97. The van der Waals surface area contributed by atoms with Gasteiger partial charge in [-0.2, -0.15) is 0 Å². The number of hydrogen-bond acceptors (Lipinski definition) is 3. The van der Waals surface area contributed by atoms with Gasteiger partial charge in [0.05, 0.1) is 0 Å². The topological polar surface area (TPSA) is 46.9 Å². The van der Waals surface area contributed by atoms with E-state index in [0.717, 1.165) is 19.4 Å². The lowest BCUT2D eigenvalue weighted by atomic mass is 10.1. The zero-order valence-electron chi connectivity index (χ0n) is 9.74. The highest BCUT2D eigenvalue weighted by molar-refractivity contribution is 6.18. The smallest absolute Gasteiger partial charge is 0.293 e. The van der Waals surface area contributed by atoms with Gasteiger partial charge in [0.2, 0.25) is 0 Å². The molecule has 0 spiro atoms. The van der Waals surface area contributed by atoms with E-state index in [9.17, 15) is 4.79 Å². The molecule has 1 aromatic heterocycles. The maximum absolute atomic E-state index is 11.6. The van der Waals surface area contributed by atoms with E-state index in [1.807, 2.05) is 0 Å². The second-order valence-corrected chi connectivity index (χ2v) is 4.33. The van der Waals surface area contributed by atoms with E-state index in [1.54, 1.807) is 19.4 Å². The molecule has 0 fully saturated rings. The number of halogens is 1. The molecular weight excluding hydrogens is 226 g/mol. The van der Waals surface area contributed by atoms with Crippen molar-refractivity contribution in [3.05, 3.63) is 22.7 Å². The molecule has 4 nitrogen and oxygen atoms in total. The van der Waals surface area contributed by atoms with Crippen LogP contribution in [-0.2, 0) is 7.05 Å². The Kier molecular flexibility index (Phi) is 5.32. The van der Waals surface area contributed by atoms with Gasteiger partial charge in [0.25, 0.3) is 5.56 Å². The maximum atomic E-state index is 11.6. The number of aryl methyl sites for hydroxylation is 1. The molecule has 5 heteroatoms. The fourth-order valence-electron chi connectivity index (χ4n) is 1.35. The van der Waals surface area contributed by atoms with Gasteiger partial charge in [-0.05, 0) is 18.8 Å². The van der Waals surface area contributed by atoms with E-state index >= 15 is 0 Å². The Balaban J connectivity index is 2.38. The summed E-state index contributed by atoms with van der Waals surface area (Å²) in [6.45, 7) is 2.88. The van der Waals surface area contributed by atoms with Crippen molar-refractivity contribution in [2.75, 3.05) is 17.7 Å². The van der Waals surface area contributed by atoms with E-state index in [2.05, 4.69) is 17.2 Å². The fraction of sp³-hybridized carbons (Fsp3) is 0.636. The lowest BCUT2D eigenvalue weighted by Crippen LogP contribution is -2.22. The zero-order chi connectivity index (χ0) is 12.0. The van der Waals surface area contributed by atoms with Gasteiger partial charge < -0.3 is 9.88 Å². The van der Waals surface area contributed by atoms with Crippen molar-refractivity contribution in [2.24, 2.45) is 13.0 Å². The summed E-state index contributed by atoms with van der Waals surface area (Å²) in [5, 5.41) is 3.05. The minimum atomic E-state index is -0.0899. The van der Waals surface area contributed by atoms with Crippen LogP contribution in [0.25, 0.3) is 0 Å². The summed E-state index contributed by atoms with van der Waals surface area (Å²) < 4.78 is 1.51. The van der Waals surface area contributed by atoms with E-state index in [1.165, 1.54) is 4.57 Å². The first-order valence-corrected chi connectivity index (χ1v) is 6.00. The van der Waals surface area contributed by atoms with Crippen molar-refractivity contribution < 1.29 is 0 Å².